The molecule has 0 atom stereocenters. The predicted octanol–water partition coefficient (Wildman–Crippen LogP) is -0.0554. The van der Waals surface area contributed by atoms with Crippen molar-refractivity contribution in [2.75, 3.05) is 18.8 Å². The summed E-state index contributed by atoms with van der Waals surface area (Å²) in [5.41, 5.74) is 0. The fraction of sp³-hybridized carbons (Fsp3) is 0.727. The molecule has 1 heterocycles. The molecule has 6 nitrogen and oxygen atoms in total. The molecule has 1 aliphatic rings. The molecule has 0 saturated heterocycles. The average molecular weight is 272 g/mol. The van der Waals surface area contributed by atoms with E-state index in [2.05, 4.69) is 15.0 Å². The molecule has 2 N–H and O–H groups in total. The summed E-state index contributed by atoms with van der Waals surface area (Å²) in [5, 5.41) is 3.19. The van der Waals surface area contributed by atoms with Crippen LogP contribution in [0.1, 0.15) is 19.3 Å². The Morgan fingerprint density at radius 1 is 1.33 bits per heavy atom. The van der Waals surface area contributed by atoms with Crippen LogP contribution in [0.2, 0.25) is 0 Å². The van der Waals surface area contributed by atoms with Crippen molar-refractivity contribution in [2.45, 2.75) is 31.8 Å². The molecule has 0 bridgehead atoms. The van der Waals surface area contributed by atoms with Gasteiger partial charge in [0.15, 0.2) is 0 Å². The third-order valence-electron chi connectivity index (χ3n) is 2.86. The summed E-state index contributed by atoms with van der Waals surface area (Å²) in [7, 11) is -3.13. The summed E-state index contributed by atoms with van der Waals surface area (Å²) >= 11 is 0. The number of nitrogens with zero attached hydrogens (tertiary/aromatic N) is 2. The fourth-order valence-corrected chi connectivity index (χ4v) is 2.65. The normalized spacial score (nSPS) is 16.0. The number of sulfonamides is 1. The Morgan fingerprint density at radius 3 is 2.83 bits per heavy atom. The molecule has 0 aliphatic heterocycles. The van der Waals surface area contributed by atoms with Crippen LogP contribution in [-0.4, -0.2) is 42.9 Å². The maximum Gasteiger partial charge on any atom is 0.212 e. The predicted molar refractivity (Wildman–Crippen MR) is 69.7 cm³/mol. The summed E-state index contributed by atoms with van der Waals surface area (Å²) < 4.78 is 27.8. The number of rotatable bonds is 9. The highest BCUT2D eigenvalue weighted by Crippen LogP contribution is 2.17. The number of imidazole rings is 1. The van der Waals surface area contributed by atoms with Gasteiger partial charge in [0.05, 0.1) is 12.1 Å². The van der Waals surface area contributed by atoms with Gasteiger partial charge in [0.25, 0.3) is 0 Å². The fourth-order valence-electron chi connectivity index (χ4n) is 1.67. The first-order chi connectivity index (χ1) is 8.66. The lowest BCUT2D eigenvalue weighted by molar-refractivity contribution is 0.565. The van der Waals surface area contributed by atoms with E-state index in [0.717, 1.165) is 13.0 Å². The monoisotopic (exact) mass is 272 g/mol. The molecular weight excluding hydrogens is 252 g/mol. The van der Waals surface area contributed by atoms with Crippen molar-refractivity contribution >= 4 is 10.0 Å². The molecular formula is C11H20N4O2S. The van der Waals surface area contributed by atoms with Crippen LogP contribution >= 0.6 is 0 Å². The Kier molecular flexibility index (Phi) is 4.73. The number of aryl methyl sites for hydroxylation is 1. The van der Waals surface area contributed by atoms with Crippen molar-refractivity contribution in [3.63, 3.8) is 0 Å². The third kappa shape index (κ3) is 5.16. The van der Waals surface area contributed by atoms with Gasteiger partial charge in [0.1, 0.15) is 0 Å². The Bertz CT molecular complexity index is 440. The van der Waals surface area contributed by atoms with Gasteiger partial charge in [0, 0.05) is 38.1 Å². The zero-order chi connectivity index (χ0) is 12.8. The van der Waals surface area contributed by atoms with Gasteiger partial charge in [-0.1, -0.05) is 0 Å². The zero-order valence-corrected chi connectivity index (χ0v) is 11.2. The first kappa shape index (κ1) is 13.5. The van der Waals surface area contributed by atoms with E-state index in [1.165, 1.54) is 12.8 Å². The second-order valence-electron chi connectivity index (χ2n) is 4.60. The molecule has 0 amide bonds. The van der Waals surface area contributed by atoms with Crippen LogP contribution in [0.25, 0.3) is 0 Å². The first-order valence-electron chi connectivity index (χ1n) is 6.32. The Labute approximate surface area is 108 Å². The van der Waals surface area contributed by atoms with Crippen LogP contribution in [-0.2, 0) is 16.6 Å². The van der Waals surface area contributed by atoms with E-state index in [4.69, 9.17) is 0 Å². The van der Waals surface area contributed by atoms with E-state index < -0.39 is 10.0 Å². The van der Waals surface area contributed by atoms with Crippen molar-refractivity contribution in [3.8, 4) is 0 Å². The topological polar surface area (TPSA) is 76.0 Å². The van der Waals surface area contributed by atoms with Gasteiger partial charge >= 0.3 is 0 Å². The Hall–Kier alpha value is -0.920. The minimum atomic E-state index is -3.13. The molecule has 0 unspecified atom stereocenters. The number of nitrogens with one attached hydrogen (secondary N) is 2. The van der Waals surface area contributed by atoms with E-state index in [-0.39, 0.29) is 5.75 Å². The summed E-state index contributed by atoms with van der Waals surface area (Å²) in [6.07, 6.45) is 8.44. The van der Waals surface area contributed by atoms with Gasteiger partial charge < -0.3 is 9.88 Å². The standard InChI is InChI=1S/C11H20N4O2S/c16-18(17,9-6-13-11-2-3-11)14-4-1-7-15-8-5-12-10-15/h5,8,10-11,13-14H,1-4,6-7,9H2. The van der Waals surface area contributed by atoms with Gasteiger partial charge in [-0.25, -0.2) is 18.1 Å². The van der Waals surface area contributed by atoms with Crippen LogP contribution in [0.3, 0.4) is 0 Å². The molecule has 1 aromatic heterocycles. The summed E-state index contributed by atoms with van der Waals surface area (Å²) in [6, 6.07) is 0.557. The van der Waals surface area contributed by atoms with Gasteiger partial charge in [-0.05, 0) is 19.3 Å². The molecule has 7 heteroatoms. The largest absolute Gasteiger partial charge is 0.337 e. The van der Waals surface area contributed by atoms with Gasteiger partial charge in [-0.2, -0.15) is 0 Å². The number of aromatic nitrogens is 2. The molecule has 1 saturated carbocycles. The molecule has 0 radical (unpaired) electrons. The SMILES string of the molecule is O=S(=O)(CCNC1CC1)NCCCn1ccnc1. The number of hydrogen-bond donors (Lipinski definition) is 2. The van der Waals surface area contributed by atoms with Crippen LogP contribution < -0.4 is 10.0 Å². The molecule has 0 spiro atoms. The van der Waals surface area contributed by atoms with E-state index in [9.17, 15) is 8.42 Å². The summed E-state index contributed by atoms with van der Waals surface area (Å²) in [6.45, 7) is 1.80. The maximum absolute atomic E-state index is 11.6. The highest BCUT2D eigenvalue weighted by atomic mass is 32.2. The maximum atomic E-state index is 11.6. The van der Waals surface area contributed by atoms with E-state index in [0.29, 0.717) is 19.1 Å². The van der Waals surface area contributed by atoms with Crippen LogP contribution in [0.4, 0.5) is 0 Å². The second-order valence-corrected chi connectivity index (χ2v) is 6.52. The highest BCUT2D eigenvalue weighted by molar-refractivity contribution is 7.89. The van der Waals surface area contributed by atoms with Gasteiger partial charge in [-0.3, -0.25) is 0 Å². The van der Waals surface area contributed by atoms with Crippen molar-refractivity contribution in [1.82, 2.24) is 19.6 Å². The van der Waals surface area contributed by atoms with Crippen molar-refractivity contribution in [2.24, 2.45) is 0 Å². The quantitative estimate of drug-likeness (QED) is 0.618. The van der Waals surface area contributed by atoms with Gasteiger partial charge in [0.2, 0.25) is 10.0 Å². The Balaban J connectivity index is 1.56. The van der Waals surface area contributed by atoms with Crippen LogP contribution in [0, 0.1) is 0 Å². The van der Waals surface area contributed by atoms with E-state index in [1.54, 1.807) is 12.5 Å². The van der Waals surface area contributed by atoms with E-state index >= 15 is 0 Å². The van der Waals surface area contributed by atoms with Gasteiger partial charge in [-0.15, -0.1) is 0 Å². The highest BCUT2D eigenvalue weighted by Gasteiger charge is 2.20. The lowest BCUT2D eigenvalue weighted by Crippen LogP contribution is -2.33. The smallest absolute Gasteiger partial charge is 0.212 e. The van der Waals surface area contributed by atoms with Crippen molar-refractivity contribution in [3.05, 3.63) is 18.7 Å². The first-order valence-corrected chi connectivity index (χ1v) is 7.97. The van der Waals surface area contributed by atoms with E-state index in [1.807, 2.05) is 10.8 Å². The van der Waals surface area contributed by atoms with Crippen molar-refractivity contribution in [1.29, 1.82) is 0 Å². The summed E-state index contributed by atoms with van der Waals surface area (Å²) in [5.74, 6) is 0.161. The third-order valence-corrected chi connectivity index (χ3v) is 4.24. The summed E-state index contributed by atoms with van der Waals surface area (Å²) in [4.78, 5) is 3.93. The molecule has 0 aromatic carbocycles. The lowest BCUT2D eigenvalue weighted by Gasteiger charge is -2.07. The zero-order valence-electron chi connectivity index (χ0n) is 10.4. The van der Waals surface area contributed by atoms with Crippen LogP contribution in [0.15, 0.2) is 18.7 Å². The molecule has 1 aromatic rings. The number of hydrogen-bond acceptors (Lipinski definition) is 4. The van der Waals surface area contributed by atoms with Crippen molar-refractivity contribution < 1.29 is 8.42 Å². The molecule has 1 fully saturated rings. The Morgan fingerprint density at radius 2 is 2.17 bits per heavy atom. The van der Waals surface area contributed by atoms with Crippen LogP contribution in [0.5, 0.6) is 0 Å². The lowest BCUT2D eigenvalue weighted by atomic mass is 10.4. The average Bonchev–Trinajstić information content (AvgIpc) is 2.99. The molecule has 18 heavy (non-hydrogen) atoms. The minimum absolute atomic E-state index is 0.161. The molecule has 1 aliphatic carbocycles. The molecule has 102 valence electrons. The second kappa shape index (κ2) is 6.31. The molecule has 2 rings (SSSR count). The minimum Gasteiger partial charge on any atom is -0.337 e.